The van der Waals surface area contributed by atoms with E-state index in [0.29, 0.717) is 18.4 Å². The van der Waals surface area contributed by atoms with Crippen molar-refractivity contribution >= 4 is 10.0 Å². The fraction of sp³-hybridized carbons (Fsp3) is 0.833. The molecule has 108 valence electrons. The Bertz CT molecular complexity index is 530. The molecule has 1 aromatic heterocycles. The Morgan fingerprint density at radius 1 is 1.26 bits per heavy atom. The molecule has 1 saturated carbocycles. The highest BCUT2D eigenvalue weighted by atomic mass is 32.2. The van der Waals surface area contributed by atoms with Gasteiger partial charge in [0.2, 0.25) is 0 Å². The van der Waals surface area contributed by atoms with E-state index in [9.17, 15) is 8.42 Å². The van der Waals surface area contributed by atoms with Gasteiger partial charge in [0.05, 0.1) is 0 Å². The van der Waals surface area contributed by atoms with E-state index < -0.39 is 10.0 Å². The molecule has 1 fully saturated rings. The van der Waals surface area contributed by atoms with Gasteiger partial charge >= 0.3 is 0 Å². The quantitative estimate of drug-likeness (QED) is 0.910. The van der Waals surface area contributed by atoms with Gasteiger partial charge in [0, 0.05) is 12.5 Å². The van der Waals surface area contributed by atoms with Crippen molar-refractivity contribution in [2.24, 2.45) is 11.1 Å². The van der Waals surface area contributed by atoms with Crippen LogP contribution in [0.5, 0.6) is 0 Å². The molecule has 2 N–H and O–H groups in total. The third kappa shape index (κ3) is 3.33. The molecule has 1 aliphatic carbocycles. The molecule has 6 nitrogen and oxygen atoms in total. The van der Waals surface area contributed by atoms with Crippen molar-refractivity contribution in [2.75, 3.05) is 0 Å². The number of primary sulfonamides is 1. The van der Waals surface area contributed by atoms with Crippen LogP contribution >= 0.6 is 0 Å². The smallest absolute Gasteiger partial charge is 0.273 e. The zero-order valence-corrected chi connectivity index (χ0v) is 12.4. The van der Waals surface area contributed by atoms with Crippen molar-refractivity contribution in [2.45, 2.75) is 63.6 Å². The lowest BCUT2D eigenvalue weighted by Crippen LogP contribution is -2.22. The maximum atomic E-state index is 11.6. The van der Waals surface area contributed by atoms with E-state index in [1.54, 1.807) is 4.57 Å². The van der Waals surface area contributed by atoms with Gasteiger partial charge in [0.25, 0.3) is 15.2 Å². The highest BCUT2D eigenvalue weighted by Crippen LogP contribution is 2.32. The van der Waals surface area contributed by atoms with Crippen LogP contribution in [0.3, 0.4) is 0 Å². The minimum Gasteiger partial charge on any atom is -0.300 e. The molecular formula is C12H22N4O2S. The van der Waals surface area contributed by atoms with E-state index in [-0.39, 0.29) is 5.16 Å². The molecule has 2 rings (SSSR count). The van der Waals surface area contributed by atoms with Gasteiger partial charge in [-0.15, -0.1) is 10.2 Å². The maximum absolute atomic E-state index is 11.6. The lowest BCUT2D eigenvalue weighted by atomic mass is 9.88. The molecule has 1 aliphatic rings. The second kappa shape index (κ2) is 5.58. The predicted octanol–water partition coefficient (Wildman–Crippen LogP) is 1.63. The van der Waals surface area contributed by atoms with E-state index in [1.807, 2.05) is 13.8 Å². The Labute approximate surface area is 114 Å². The van der Waals surface area contributed by atoms with Gasteiger partial charge < -0.3 is 4.57 Å². The maximum Gasteiger partial charge on any atom is 0.273 e. The van der Waals surface area contributed by atoms with E-state index >= 15 is 0 Å². The molecule has 0 saturated heterocycles. The zero-order valence-electron chi connectivity index (χ0n) is 11.5. The Balaban J connectivity index is 2.40. The van der Waals surface area contributed by atoms with Crippen LogP contribution in [-0.2, 0) is 16.6 Å². The summed E-state index contributed by atoms with van der Waals surface area (Å²) in [6, 6.07) is 0. The van der Waals surface area contributed by atoms with Crippen molar-refractivity contribution < 1.29 is 8.42 Å². The number of sulfonamides is 1. The second-order valence-electron chi connectivity index (χ2n) is 5.73. The Hall–Kier alpha value is -0.950. The van der Waals surface area contributed by atoms with Crippen LogP contribution < -0.4 is 5.14 Å². The third-order valence-corrected chi connectivity index (χ3v) is 4.33. The molecule has 0 aromatic carbocycles. The van der Waals surface area contributed by atoms with Gasteiger partial charge in [-0.05, 0) is 18.8 Å². The monoisotopic (exact) mass is 286 g/mol. The number of rotatable bonds is 4. The van der Waals surface area contributed by atoms with E-state index in [2.05, 4.69) is 10.2 Å². The molecule has 7 heteroatoms. The number of hydrogen-bond donors (Lipinski definition) is 1. The summed E-state index contributed by atoms with van der Waals surface area (Å²) in [6.07, 6.45) is 5.70. The number of hydrogen-bond acceptors (Lipinski definition) is 4. The first-order valence-electron chi connectivity index (χ1n) is 6.85. The van der Waals surface area contributed by atoms with E-state index in [1.165, 1.54) is 19.3 Å². The normalized spacial score (nSPS) is 18.1. The Kier molecular flexibility index (Phi) is 4.25. The summed E-state index contributed by atoms with van der Waals surface area (Å²) in [5, 5.41) is 13.1. The molecule has 0 spiro atoms. The molecule has 0 unspecified atom stereocenters. The minimum atomic E-state index is -3.81. The summed E-state index contributed by atoms with van der Waals surface area (Å²) < 4.78 is 24.9. The van der Waals surface area contributed by atoms with Crippen LogP contribution in [0.4, 0.5) is 0 Å². The first kappa shape index (κ1) is 14.5. The Morgan fingerprint density at radius 2 is 1.89 bits per heavy atom. The highest BCUT2D eigenvalue weighted by molar-refractivity contribution is 7.89. The fourth-order valence-electron chi connectivity index (χ4n) is 2.71. The average Bonchev–Trinajstić information content (AvgIpc) is 2.72. The van der Waals surface area contributed by atoms with Gasteiger partial charge in [-0.3, -0.25) is 0 Å². The predicted molar refractivity (Wildman–Crippen MR) is 72.1 cm³/mol. The summed E-state index contributed by atoms with van der Waals surface area (Å²) in [4.78, 5) is 0. The lowest BCUT2D eigenvalue weighted by molar-refractivity contribution is 0.394. The zero-order chi connectivity index (χ0) is 14.0. The van der Waals surface area contributed by atoms with Crippen molar-refractivity contribution in [3.8, 4) is 0 Å². The second-order valence-corrected chi connectivity index (χ2v) is 7.18. The average molecular weight is 286 g/mol. The van der Waals surface area contributed by atoms with Crippen molar-refractivity contribution in [3.63, 3.8) is 0 Å². The van der Waals surface area contributed by atoms with Gasteiger partial charge in [0.15, 0.2) is 0 Å². The topological polar surface area (TPSA) is 90.9 Å². The molecule has 0 radical (unpaired) electrons. The largest absolute Gasteiger partial charge is 0.300 e. The van der Waals surface area contributed by atoms with Crippen molar-refractivity contribution in [1.29, 1.82) is 0 Å². The molecule has 1 heterocycles. The van der Waals surface area contributed by atoms with Gasteiger partial charge in [-0.25, -0.2) is 13.6 Å². The van der Waals surface area contributed by atoms with Crippen LogP contribution in [0.1, 0.15) is 57.7 Å². The molecule has 0 amide bonds. The standard InChI is InChI=1S/C12H22N4O2S/c1-9(2)8-16-11(10-6-4-3-5-7-10)14-15-12(16)19(13,17)18/h9-10H,3-8H2,1-2H3,(H2,13,17,18). The molecule has 0 atom stereocenters. The van der Waals surface area contributed by atoms with Gasteiger partial charge in [-0.2, -0.15) is 0 Å². The molecule has 0 bridgehead atoms. The van der Waals surface area contributed by atoms with Gasteiger partial charge in [-0.1, -0.05) is 33.1 Å². The van der Waals surface area contributed by atoms with Crippen LogP contribution in [-0.4, -0.2) is 23.2 Å². The van der Waals surface area contributed by atoms with Gasteiger partial charge in [0.1, 0.15) is 5.82 Å². The number of nitrogens with two attached hydrogens (primary N) is 1. The van der Waals surface area contributed by atoms with Crippen LogP contribution in [0.25, 0.3) is 0 Å². The first-order chi connectivity index (χ1) is 8.89. The minimum absolute atomic E-state index is 0.0956. The summed E-state index contributed by atoms with van der Waals surface area (Å²) >= 11 is 0. The van der Waals surface area contributed by atoms with Crippen molar-refractivity contribution in [3.05, 3.63) is 5.82 Å². The fourth-order valence-corrected chi connectivity index (χ4v) is 3.34. The third-order valence-electron chi connectivity index (χ3n) is 3.52. The van der Waals surface area contributed by atoms with Crippen LogP contribution in [0.2, 0.25) is 0 Å². The lowest BCUT2D eigenvalue weighted by Gasteiger charge is -2.22. The van der Waals surface area contributed by atoms with Crippen molar-refractivity contribution in [1.82, 2.24) is 14.8 Å². The van der Waals surface area contributed by atoms with E-state index in [4.69, 9.17) is 5.14 Å². The van der Waals surface area contributed by atoms with Crippen LogP contribution in [0.15, 0.2) is 5.16 Å². The first-order valence-corrected chi connectivity index (χ1v) is 8.40. The highest BCUT2D eigenvalue weighted by Gasteiger charge is 2.27. The SMILES string of the molecule is CC(C)Cn1c(C2CCCCC2)nnc1S(N)(=O)=O. The molecule has 0 aliphatic heterocycles. The van der Waals surface area contributed by atoms with E-state index in [0.717, 1.165) is 18.7 Å². The molecule has 19 heavy (non-hydrogen) atoms. The summed E-state index contributed by atoms with van der Waals surface area (Å²) in [7, 11) is -3.81. The van der Waals surface area contributed by atoms with Crippen LogP contribution in [0, 0.1) is 5.92 Å². The molecular weight excluding hydrogens is 264 g/mol. The molecule has 1 aromatic rings. The number of nitrogens with zero attached hydrogens (tertiary/aromatic N) is 3. The number of aromatic nitrogens is 3. The summed E-state index contributed by atoms with van der Waals surface area (Å²) in [5.74, 6) is 1.42. The summed E-state index contributed by atoms with van der Waals surface area (Å²) in [5.41, 5.74) is 0. The summed E-state index contributed by atoms with van der Waals surface area (Å²) in [6.45, 7) is 4.67. The Morgan fingerprint density at radius 3 is 2.42 bits per heavy atom.